The average molecular weight is 413 g/mol. The normalized spacial score (nSPS) is 17.5. The van der Waals surface area contributed by atoms with Crippen LogP contribution in [0.25, 0.3) is 5.65 Å². The van der Waals surface area contributed by atoms with Gasteiger partial charge in [-0.25, -0.2) is 13.9 Å². The highest BCUT2D eigenvalue weighted by atomic mass is 19.1. The molecule has 1 aliphatic heterocycles. The first-order valence-electron chi connectivity index (χ1n) is 9.92. The lowest BCUT2D eigenvalue weighted by Gasteiger charge is -2.27. The SMILES string of the molecule is Cc1ccc(F)cc1[C@H]1CCCN1c1ccn2ncc(C(=O)NC[C@@H](O)CO)c2n1. The molecule has 4 rings (SSSR count). The Bertz CT molecular complexity index is 1070. The van der Waals surface area contributed by atoms with Crippen LogP contribution in [0.4, 0.5) is 10.2 Å². The summed E-state index contributed by atoms with van der Waals surface area (Å²) in [6.45, 7) is 2.25. The summed E-state index contributed by atoms with van der Waals surface area (Å²) >= 11 is 0. The number of aliphatic hydroxyl groups is 2. The van der Waals surface area contributed by atoms with E-state index in [-0.39, 0.29) is 24.0 Å². The number of benzene rings is 1. The minimum atomic E-state index is -1.03. The van der Waals surface area contributed by atoms with Crippen molar-refractivity contribution in [1.82, 2.24) is 19.9 Å². The lowest BCUT2D eigenvalue weighted by atomic mass is 9.99. The summed E-state index contributed by atoms with van der Waals surface area (Å²) in [4.78, 5) is 19.3. The number of anilines is 1. The van der Waals surface area contributed by atoms with Gasteiger partial charge in [-0.3, -0.25) is 4.79 Å². The van der Waals surface area contributed by atoms with Gasteiger partial charge < -0.3 is 20.4 Å². The molecular formula is C21H24FN5O3. The molecule has 1 fully saturated rings. The number of halogens is 1. The molecule has 8 nitrogen and oxygen atoms in total. The molecule has 3 heterocycles. The Morgan fingerprint density at radius 1 is 1.40 bits per heavy atom. The minimum absolute atomic E-state index is 0.00977. The van der Waals surface area contributed by atoms with Crippen LogP contribution in [-0.2, 0) is 0 Å². The number of hydrogen-bond acceptors (Lipinski definition) is 6. The van der Waals surface area contributed by atoms with E-state index in [9.17, 15) is 14.3 Å². The maximum absolute atomic E-state index is 13.9. The van der Waals surface area contributed by atoms with Crippen molar-refractivity contribution in [2.45, 2.75) is 31.9 Å². The number of rotatable bonds is 6. The molecule has 1 aromatic carbocycles. The molecule has 0 spiro atoms. The fourth-order valence-corrected chi connectivity index (χ4v) is 3.88. The second-order valence-corrected chi connectivity index (χ2v) is 7.51. The van der Waals surface area contributed by atoms with E-state index in [1.807, 2.05) is 13.0 Å². The van der Waals surface area contributed by atoms with Crippen molar-refractivity contribution >= 4 is 17.4 Å². The van der Waals surface area contributed by atoms with Crippen LogP contribution in [0.15, 0.2) is 36.7 Å². The van der Waals surface area contributed by atoms with Gasteiger partial charge in [0.2, 0.25) is 0 Å². The van der Waals surface area contributed by atoms with E-state index in [1.54, 1.807) is 18.3 Å². The van der Waals surface area contributed by atoms with Crippen LogP contribution in [0, 0.1) is 12.7 Å². The van der Waals surface area contributed by atoms with E-state index in [2.05, 4.69) is 20.3 Å². The molecule has 0 aliphatic carbocycles. The Hall–Kier alpha value is -3.04. The average Bonchev–Trinajstić information content (AvgIpc) is 3.40. The molecule has 1 saturated heterocycles. The van der Waals surface area contributed by atoms with E-state index in [1.165, 1.54) is 16.8 Å². The Morgan fingerprint density at radius 2 is 2.23 bits per heavy atom. The van der Waals surface area contributed by atoms with Gasteiger partial charge in [-0.05, 0) is 49.1 Å². The second-order valence-electron chi connectivity index (χ2n) is 7.51. The fourth-order valence-electron chi connectivity index (χ4n) is 3.88. The Balaban J connectivity index is 1.64. The molecule has 1 aliphatic rings. The Kier molecular flexibility index (Phi) is 5.65. The molecule has 1 amide bonds. The van der Waals surface area contributed by atoms with Gasteiger partial charge >= 0.3 is 0 Å². The van der Waals surface area contributed by atoms with Crippen molar-refractivity contribution < 1.29 is 19.4 Å². The van der Waals surface area contributed by atoms with Crippen molar-refractivity contribution in [2.24, 2.45) is 0 Å². The number of hydrogen-bond donors (Lipinski definition) is 3. The molecule has 30 heavy (non-hydrogen) atoms. The quantitative estimate of drug-likeness (QED) is 0.567. The highest BCUT2D eigenvalue weighted by molar-refractivity contribution is 5.99. The van der Waals surface area contributed by atoms with Crippen LogP contribution in [0.5, 0.6) is 0 Å². The van der Waals surface area contributed by atoms with Gasteiger partial charge in [0.15, 0.2) is 5.65 Å². The summed E-state index contributed by atoms with van der Waals surface area (Å²) < 4.78 is 15.4. The Labute approximate surface area is 173 Å². The van der Waals surface area contributed by atoms with Crippen molar-refractivity contribution in [3.05, 3.63) is 59.2 Å². The molecule has 158 valence electrons. The van der Waals surface area contributed by atoms with E-state index in [4.69, 9.17) is 5.11 Å². The first kappa shape index (κ1) is 20.2. The predicted molar refractivity (Wildman–Crippen MR) is 109 cm³/mol. The van der Waals surface area contributed by atoms with Gasteiger partial charge in [-0.1, -0.05) is 6.07 Å². The van der Waals surface area contributed by atoms with Crippen LogP contribution in [0.3, 0.4) is 0 Å². The zero-order chi connectivity index (χ0) is 21.3. The van der Waals surface area contributed by atoms with Crippen molar-refractivity contribution in [3.8, 4) is 0 Å². The number of nitrogens with zero attached hydrogens (tertiary/aromatic N) is 4. The van der Waals surface area contributed by atoms with Crippen LogP contribution < -0.4 is 10.2 Å². The summed E-state index contributed by atoms with van der Waals surface area (Å²) in [6.07, 6.45) is 3.98. The number of carbonyl (C=O) groups is 1. The number of carbonyl (C=O) groups excluding carboxylic acids is 1. The molecule has 9 heteroatoms. The summed E-state index contributed by atoms with van der Waals surface area (Å²) in [5.41, 5.74) is 2.64. The topological polar surface area (TPSA) is 103 Å². The minimum Gasteiger partial charge on any atom is -0.394 e. The zero-order valence-corrected chi connectivity index (χ0v) is 16.6. The molecule has 0 bridgehead atoms. The molecule has 0 saturated carbocycles. The predicted octanol–water partition coefficient (Wildman–Crippen LogP) is 1.60. The van der Waals surface area contributed by atoms with E-state index >= 15 is 0 Å². The number of nitrogens with one attached hydrogen (secondary N) is 1. The lowest BCUT2D eigenvalue weighted by Crippen LogP contribution is -2.33. The highest BCUT2D eigenvalue weighted by Gasteiger charge is 2.29. The number of amides is 1. The smallest absolute Gasteiger partial charge is 0.256 e. The first-order valence-corrected chi connectivity index (χ1v) is 9.92. The largest absolute Gasteiger partial charge is 0.394 e. The molecule has 0 unspecified atom stereocenters. The maximum atomic E-state index is 13.9. The molecule has 2 atom stereocenters. The molecule has 3 N–H and O–H groups in total. The maximum Gasteiger partial charge on any atom is 0.256 e. The van der Waals surface area contributed by atoms with Gasteiger partial charge in [-0.15, -0.1) is 0 Å². The van der Waals surface area contributed by atoms with Crippen molar-refractivity contribution in [1.29, 1.82) is 0 Å². The summed E-state index contributed by atoms with van der Waals surface area (Å²) in [5.74, 6) is 0.00498. The second kappa shape index (κ2) is 8.37. The van der Waals surface area contributed by atoms with Gasteiger partial charge in [0.25, 0.3) is 5.91 Å². The molecule has 2 aromatic heterocycles. The standard InChI is InChI=1S/C21H24FN5O3/c1-13-4-5-14(22)9-16(13)18-3-2-7-26(18)19-6-8-27-20(25-19)17(11-24-27)21(30)23-10-15(29)12-28/h4-6,8-9,11,15,18,28-29H,2-3,7,10,12H2,1H3,(H,23,30)/t15-,18-/m1/s1. The van der Waals surface area contributed by atoms with E-state index < -0.39 is 18.6 Å². The third kappa shape index (κ3) is 3.86. The van der Waals surface area contributed by atoms with Gasteiger partial charge in [0.05, 0.1) is 24.9 Å². The van der Waals surface area contributed by atoms with Crippen LogP contribution in [0.1, 0.15) is 40.4 Å². The van der Waals surface area contributed by atoms with E-state index in [0.717, 1.165) is 30.5 Å². The van der Waals surface area contributed by atoms with Crippen LogP contribution in [-0.4, -0.2) is 56.5 Å². The van der Waals surface area contributed by atoms with Crippen LogP contribution in [0.2, 0.25) is 0 Å². The monoisotopic (exact) mass is 413 g/mol. The lowest BCUT2D eigenvalue weighted by molar-refractivity contribution is 0.0803. The number of aromatic nitrogens is 3. The first-order chi connectivity index (χ1) is 14.5. The van der Waals surface area contributed by atoms with E-state index in [0.29, 0.717) is 11.5 Å². The van der Waals surface area contributed by atoms with Gasteiger partial charge in [-0.2, -0.15) is 5.10 Å². The molecular weight excluding hydrogens is 389 g/mol. The van der Waals surface area contributed by atoms with Gasteiger partial charge in [0, 0.05) is 19.3 Å². The summed E-state index contributed by atoms with van der Waals surface area (Å²) in [7, 11) is 0. The zero-order valence-electron chi connectivity index (χ0n) is 16.6. The number of aryl methyl sites for hydroxylation is 1. The highest BCUT2D eigenvalue weighted by Crippen LogP contribution is 2.37. The van der Waals surface area contributed by atoms with Crippen LogP contribution >= 0.6 is 0 Å². The fraction of sp³-hybridized carbons (Fsp3) is 0.381. The van der Waals surface area contributed by atoms with Crippen molar-refractivity contribution in [2.75, 3.05) is 24.6 Å². The van der Waals surface area contributed by atoms with Crippen molar-refractivity contribution in [3.63, 3.8) is 0 Å². The number of aliphatic hydroxyl groups excluding tert-OH is 2. The molecule has 3 aromatic rings. The summed E-state index contributed by atoms with van der Waals surface area (Å²) in [6, 6.07) is 6.69. The Morgan fingerprint density at radius 3 is 3.03 bits per heavy atom. The third-order valence-corrected chi connectivity index (χ3v) is 5.46. The molecule has 0 radical (unpaired) electrons. The summed E-state index contributed by atoms with van der Waals surface area (Å²) in [5, 5.41) is 25.1. The van der Waals surface area contributed by atoms with Gasteiger partial charge in [0.1, 0.15) is 17.2 Å². The third-order valence-electron chi connectivity index (χ3n) is 5.46. The number of fused-ring (bicyclic) bond motifs is 1.